The number of rotatable bonds is 7. The van der Waals surface area contributed by atoms with Crippen molar-refractivity contribution in [3.63, 3.8) is 0 Å². The van der Waals surface area contributed by atoms with Crippen LogP contribution in [0.4, 0.5) is 11.4 Å². The molecule has 10 nitrogen and oxygen atoms in total. The Bertz CT molecular complexity index is 937. The normalized spacial score (nSPS) is 10.3. The van der Waals surface area contributed by atoms with Crippen LogP contribution in [0.5, 0.6) is 0 Å². The van der Waals surface area contributed by atoms with Crippen molar-refractivity contribution in [1.82, 2.24) is 9.78 Å². The molecule has 27 heavy (non-hydrogen) atoms. The molecule has 10 heteroatoms. The van der Waals surface area contributed by atoms with E-state index in [0.29, 0.717) is 18.5 Å². The maximum atomic E-state index is 12.0. The van der Waals surface area contributed by atoms with E-state index in [1.165, 1.54) is 30.3 Å². The number of nitro benzene ring substituents is 1. The van der Waals surface area contributed by atoms with Gasteiger partial charge >= 0.3 is 5.97 Å². The highest BCUT2D eigenvalue weighted by molar-refractivity contribution is 5.95. The Hall–Kier alpha value is -3.56. The van der Waals surface area contributed by atoms with Crippen LogP contribution in [0, 0.1) is 17.0 Å². The first-order chi connectivity index (χ1) is 12.8. The molecule has 0 aliphatic heterocycles. The summed E-state index contributed by atoms with van der Waals surface area (Å²) in [7, 11) is 0. The van der Waals surface area contributed by atoms with Crippen molar-refractivity contribution in [2.45, 2.75) is 26.8 Å². The molecule has 1 amide bonds. The number of aromatic nitrogens is 2. The average Bonchev–Trinajstić information content (AvgIpc) is 2.63. The predicted octanol–water partition coefficient (Wildman–Crippen LogP) is 1.67. The summed E-state index contributed by atoms with van der Waals surface area (Å²) >= 11 is 0. The van der Waals surface area contributed by atoms with Crippen LogP contribution >= 0.6 is 0 Å². The van der Waals surface area contributed by atoms with Gasteiger partial charge in [-0.1, -0.05) is 13.0 Å². The summed E-state index contributed by atoms with van der Waals surface area (Å²) in [5.41, 5.74) is 0.0989. The molecule has 0 fully saturated rings. The van der Waals surface area contributed by atoms with Gasteiger partial charge in [0, 0.05) is 29.9 Å². The van der Waals surface area contributed by atoms with E-state index in [2.05, 4.69) is 10.4 Å². The number of benzene rings is 1. The van der Waals surface area contributed by atoms with E-state index < -0.39 is 23.4 Å². The van der Waals surface area contributed by atoms with Crippen LogP contribution < -0.4 is 10.9 Å². The molecule has 0 spiro atoms. The summed E-state index contributed by atoms with van der Waals surface area (Å²) in [6.07, 6.45) is 0.663. The van der Waals surface area contributed by atoms with Gasteiger partial charge < -0.3 is 10.1 Å². The first-order valence-corrected chi connectivity index (χ1v) is 8.12. The van der Waals surface area contributed by atoms with Gasteiger partial charge in [0.25, 0.3) is 17.2 Å². The van der Waals surface area contributed by atoms with Gasteiger partial charge in [-0.15, -0.1) is 0 Å². The minimum atomic E-state index is -0.857. The molecule has 0 unspecified atom stereocenters. The van der Waals surface area contributed by atoms with Crippen molar-refractivity contribution in [3.8, 4) is 0 Å². The fraction of sp³-hybridized carbons (Fsp3) is 0.294. The molecular weight excluding hydrogens is 356 g/mol. The lowest BCUT2D eigenvalue weighted by Crippen LogP contribution is -2.26. The fourth-order valence-corrected chi connectivity index (χ4v) is 2.22. The van der Waals surface area contributed by atoms with E-state index >= 15 is 0 Å². The second kappa shape index (κ2) is 8.70. The van der Waals surface area contributed by atoms with Crippen LogP contribution in [0.25, 0.3) is 0 Å². The number of esters is 1. The van der Waals surface area contributed by atoms with E-state index in [4.69, 9.17) is 4.74 Å². The predicted molar refractivity (Wildman–Crippen MR) is 95.5 cm³/mol. The van der Waals surface area contributed by atoms with Crippen molar-refractivity contribution in [1.29, 1.82) is 0 Å². The van der Waals surface area contributed by atoms with E-state index in [1.807, 2.05) is 6.92 Å². The van der Waals surface area contributed by atoms with Crippen molar-refractivity contribution in [2.75, 3.05) is 11.9 Å². The molecule has 0 aliphatic rings. The van der Waals surface area contributed by atoms with Gasteiger partial charge in [-0.05, 0) is 25.5 Å². The minimum absolute atomic E-state index is 0.0955. The topological polar surface area (TPSA) is 133 Å². The van der Waals surface area contributed by atoms with Gasteiger partial charge in [0.2, 0.25) is 0 Å². The zero-order valence-corrected chi connectivity index (χ0v) is 14.8. The monoisotopic (exact) mass is 374 g/mol. The molecule has 0 atom stereocenters. The number of carbonyl (C=O) groups excluding carboxylic acids is 2. The summed E-state index contributed by atoms with van der Waals surface area (Å²) in [5, 5.41) is 17.2. The molecule has 0 saturated heterocycles. The molecule has 2 rings (SSSR count). The lowest BCUT2D eigenvalue weighted by molar-refractivity contribution is -0.385. The van der Waals surface area contributed by atoms with Gasteiger partial charge in [0.1, 0.15) is 0 Å². The summed E-state index contributed by atoms with van der Waals surface area (Å²) in [6.45, 7) is 3.19. The molecule has 1 heterocycles. The largest absolute Gasteiger partial charge is 0.451 e. The first kappa shape index (κ1) is 19.8. The third-order valence-corrected chi connectivity index (χ3v) is 3.54. The van der Waals surface area contributed by atoms with E-state index in [0.717, 1.165) is 4.68 Å². The van der Waals surface area contributed by atoms with Gasteiger partial charge in [-0.3, -0.25) is 19.7 Å². The van der Waals surface area contributed by atoms with Crippen molar-refractivity contribution >= 4 is 23.3 Å². The molecule has 0 radical (unpaired) electrons. The summed E-state index contributed by atoms with van der Waals surface area (Å²) < 4.78 is 6.01. The zero-order chi connectivity index (χ0) is 20.0. The number of carbonyl (C=O) groups is 2. The van der Waals surface area contributed by atoms with Gasteiger partial charge in [-0.2, -0.15) is 5.10 Å². The number of hydrogen-bond donors (Lipinski definition) is 1. The number of nitrogens with one attached hydrogen (secondary N) is 1. The number of nitrogens with zero attached hydrogens (tertiary/aromatic N) is 3. The lowest BCUT2D eigenvalue weighted by atomic mass is 10.2. The SMILES string of the molecule is CCCn1nc(C(=O)OCC(=O)Nc2ccc(C)c([N+](=O)[O-])c2)ccc1=O. The Morgan fingerprint density at radius 2 is 2.04 bits per heavy atom. The van der Waals surface area contributed by atoms with Gasteiger partial charge in [-0.25, -0.2) is 9.48 Å². The van der Waals surface area contributed by atoms with Crippen molar-refractivity contribution < 1.29 is 19.2 Å². The van der Waals surface area contributed by atoms with Gasteiger partial charge in [0.15, 0.2) is 12.3 Å². The molecule has 1 aromatic heterocycles. The Morgan fingerprint density at radius 3 is 2.70 bits per heavy atom. The molecule has 1 N–H and O–H groups in total. The Labute approximate surface area is 153 Å². The number of nitro groups is 1. The Balaban J connectivity index is 1.98. The highest BCUT2D eigenvalue weighted by Gasteiger charge is 2.15. The Morgan fingerprint density at radius 1 is 1.30 bits per heavy atom. The smallest absolute Gasteiger partial charge is 0.359 e. The number of amides is 1. The minimum Gasteiger partial charge on any atom is -0.451 e. The van der Waals surface area contributed by atoms with E-state index in [1.54, 1.807) is 6.92 Å². The number of ether oxygens (including phenoxy) is 1. The molecule has 0 saturated carbocycles. The number of aryl methyl sites for hydroxylation is 2. The van der Waals surface area contributed by atoms with Crippen molar-refractivity contribution in [2.24, 2.45) is 0 Å². The van der Waals surface area contributed by atoms with Crippen LogP contribution in [-0.4, -0.2) is 33.2 Å². The highest BCUT2D eigenvalue weighted by Crippen LogP contribution is 2.22. The molecule has 2 aromatic rings. The maximum absolute atomic E-state index is 12.0. The molecule has 1 aromatic carbocycles. The third-order valence-electron chi connectivity index (χ3n) is 3.54. The van der Waals surface area contributed by atoms with E-state index in [9.17, 15) is 24.5 Å². The zero-order valence-electron chi connectivity index (χ0n) is 14.8. The third kappa shape index (κ3) is 5.21. The number of hydrogen-bond acceptors (Lipinski definition) is 7. The molecule has 0 aliphatic carbocycles. The average molecular weight is 374 g/mol. The highest BCUT2D eigenvalue weighted by atomic mass is 16.6. The molecular formula is C17H18N4O6. The van der Waals surface area contributed by atoms with Crippen LogP contribution in [0.2, 0.25) is 0 Å². The van der Waals surface area contributed by atoms with Gasteiger partial charge in [0.05, 0.1) is 4.92 Å². The van der Waals surface area contributed by atoms with Crippen LogP contribution in [0.1, 0.15) is 29.4 Å². The number of anilines is 1. The standard InChI is InChI=1S/C17H18N4O6/c1-3-8-20-16(23)7-6-13(19-20)17(24)27-10-15(22)18-12-5-4-11(2)14(9-12)21(25)26/h4-7,9H,3,8,10H2,1-2H3,(H,18,22). The second-order valence-corrected chi connectivity index (χ2v) is 5.66. The summed E-state index contributed by atoms with van der Waals surface area (Å²) in [6, 6.07) is 6.64. The second-order valence-electron chi connectivity index (χ2n) is 5.66. The molecule has 142 valence electrons. The Kier molecular flexibility index (Phi) is 6.36. The van der Waals surface area contributed by atoms with Crippen LogP contribution in [0.3, 0.4) is 0 Å². The van der Waals surface area contributed by atoms with E-state index in [-0.39, 0.29) is 22.6 Å². The van der Waals surface area contributed by atoms with Crippen LogP contribution in [-0.2, 0) is 16.1 Å². The first-order valence-electron chi connectivity index (χ1n) is 8.12. The fourth-order valence-electron chi connectivity index (χ4n) is 2.22. The summed E-state index contributed by atoms with van der Waals surface area (Å²) in [5.74, 6) is -1.52. The molecule has 0 bridgehead atoms. The summed E-state index contributed by atoms with van der Waals surface area (Å²) in [4.78, 5) is 45.8. The van der Waals surface area contributed by atoms with Crippen molar-refractivity contribution in [3.05, 3.63) is 62.1 Å². The lowest BCUT2D eigenvalue weighted by Gasteiger charge is -2.08. The van der Waals surface area contributed by atoms with Crippen LogP contribution in [0.15, 0.2) is 35.1 Å². The quantitative estimate of drug-likeness (QED) is 0.442. The maximum Gasteiger partial charge on any atom is 0.359 e.